The standard InChI is InChI=1S/C28H36N4O/c1-3-9-25-19-26(10-4-2)21-27(20-25)22-29-30-28(33)23-32-15-8-14-31(17-18-32)16-13-24-11-6-5-7-12-24/h3-7,11-12,19-22H,1-2,8-10,13-18,23H2,(H,30,33)/b29-22+. The Kier molecular flexibility index (Phi) is 10.1. The van der Waals surface area contributed by atoms with Crippen LogP contribution < -0.4 is 5.43 Å². The summed E-state index contributed by atoms with van der Waals surface area (Å²) in [6.07, 6.45) is 9.24. The topological polar surface area (TPSA) is 47.9 Å². The molecule has 0 atom stereocenters. The summed E-state index contributed by atoms with van der Waals surface area (Å²) in [6.45, 7) is 13.0. The molecule has 5 nitrogen and oxygen atoms in total. The molecule has 3 rings (SSSR count). The molecule has 0 unspecified atom stereocenters. The lowest BCUT2D eigenvalue weighted by Gasteiger charge is -2.21. The molecule has 1 amide bonds. The highest BCUT2D eigenvalue weighted by atomic mass is 16.2. The molecule has 0 aliphatic carbocycles. The predicted octanol–water partition coefficient (Wildman–Crippen LogP) is 3.84. The second kappa shape index (κ2) is 13.5. The number of hydrogen-bond donors (Lipinski definition) is 1. The summed E-state index contributed by atoms with van der Waals surface area (Å²) in [7, 11) is 0. The number of allylic oxidation sites excluding steroid dienone is 2. The van der Waals surface area contributed by atoms with E-state index in [1.807, 2.05) is 12.2 Å². The molecule has 1 fully saturated rings. The molecule has 0 saturated carbocycles. The maximum absolute atomic E-state index is 12.4. The first kappa shape index (κ1) is 24.6. The third kappa shape index (κ3) is 8.79. The van der Waals surface area contributed by atoms with Crippen LogP contribution in [0.4, 0.5) is 0 Å². The number of carbonyl (C=O) groups excluding carboxylic acids is 1. The molecule has 1 aliphatic heterocycles. The van der Waals surface area contributed by atoms with Gasteiger partial charge in [0.15, 0.2) is 0 Å². The average molecular weight is 445 g/mol. The zero-order valence-corrected chi connectivity index (χ0v) is 19.6. The number of nitrogens with one attached hydrogen (secondary N) is 1. The highest BCUT2D eigenvalue weighted by Crippen LogP contribution is 2.12. The van der Waals surface area contributed by atoms with Crippen molar-refractivity contribution in [3.05, 3.63) is 96.1 Å². The fraction of sp³-hybridized carbons (Fsp3) is 0.357. The number of rotatable bonds is 11. The Hall–Kier alpha value is -3.02. The van der Waals surface area contributed by atoms with Crippen LogP contribution >= 0.6 is 0 Å². The Morgan fingerprint density at radius 3 is 2.27 bits per heavy atom. The van der Waals surface area contributed by atoms with Crippen LogP contribution in [0.1, 0.15) is 28.7 Å². The normalized spacial score (nSPS) is 15.3. The molecule has 1 saturated heterocycles. The molecule has 1 aliphatic rings. The van der Waals surface area contributed by atoms with Crippen molar-refractivity contribution in [1.82, 2.24) is 15.2 Å². The van der Waals surface area contributed by atoms with Gasteiger partial charge in [-0.05, 0) is 73.2 Å². The summed E-state index contributed by atoms with van der Waals surface area (Å²) in [5.74, 6) is -0.0717. The number of amides is 1. The van der Waals surface area contributed by atoms with Crippen LogP contribution in [-0.2, 0) is 24.1 Å². The minimum atomic E-state index is -0.0717. The third-order valence-electron chi connectivity index (χ3n) is 5.85. The first-order valence-corrected chi connectivity index (χ1v) is 11.8. The van der Waals surface area contributed by atoms with Crippen LogP contribution in [0.2, 0.25) is 0 Å². The minimum Gasteiger partial charge on any atom is -0.302 e. The first-order chi connectivity index (χ1) is 16.2. The fourth-order valence-electron chi connectivity index (χ4n) is 4.19. The molecule has 2 aromatic rings. The Balaban J connectivity index is 1.44. The fourth-order valence-corrected chi connectivity index (χ4v) is 4.19. The number of carbonyl (C=O) groups is 1. The molecule has 174 valence electrons. The van der Waals surface area contributed by atoms with E-state index in [0.29, 0.717) is 6.54 Å². The SMILES string of the molecule is C=CCc1cc(/C=N/NC(=O)CN2CCCN(CCc3ccccc3)CC2)cc(CC=C)c1. The van der Waals surface area contributed by atoms with Gasteiger partial charge in [0.1, 0.15) is 0 Å². The van der Waals surface area contributed by atoms with Gasteiger partial charge in [-0.1, -0.05) is 48.6 Å². The van der Waals surface area contributed by atoms with Crippen LogP contribution in [0.15, 0.2) is 78.9 Å². The molecule has 5 heteroatoms. The van der Waals surface area contributed by atoms with Crippen LogP contribution in [-0.4, -0.2) is 61.2 Å². The first-order valence-electron chi connectivity index (χ1n) is 11.8. The lowest BCUT2D eigenvalue weighted by atomic mass is 10.0. The maximum Gasteiger partial charge on any atom is 0.254 e. The maximum atomic E-state index is 12.4. The molecule has 2 aromatic carbocycles. The average Bonchev–Trinajstić information content (AvgIpc) is 3.04. The van der Waals surface area contributed by atoms with E-state index in [0.717, 1.165) is 64.0 Å². The third-order valence-corrected chi connectivity index (χ3v) is 5.85. The monoisotopic (exact) mass is 444 g/mol. The summed E-state index contributed by atoms with van der Waals surface area (Å²) in [5, 5.41) is 4.20. The minimum absolute atomic E-state index is 0.0717. The molecule has 1 heterocycles. The van der Waals surface area contributed by atoms with Crippen LogP contribution in [0.5, 0.6) is 0 Å². The quantitative estimate of drug-likeness (QED) is 0.325. The van der Waals surface area contributed by atoms with Gasteiger partial charge in [0, 0.05) is 19.6 Å². The zero-order chi connectivity index (χ0) is 23.3. The van der Waals surface area contributed by atoms with Crippen molar-refractivity contribution < 1.29 is 4.79 Å². The Morgan fingerprint density at radius 1 is 0.909 bits per heavy atom. The van der Waals surface area contributed by atoms with Gasteiger partial charge < -0.3 is 4.90 Å². The van der Waals surface area contributed by atoms with Crippen LogP contribution in [0.25, 0.3) is 0 Å². The Morgan fingerprint density at radius 2 is 1.58 bits per heavy atom. The van der Waals surface area contributed by atoms with Gasteiger partial charge in [0.05, 0.1) is 12.8 Å². The second-order valence-corrected chi connectivity index (χ2v) is 8.57. The van der Waals surface area contributed by atoms with Gasteiger partial charge in [-0.15, -0.1) is 13.2 Å². The summed E-state index contributed by atoms with van der Waals surface area (Å²) in [6, 6.07) is 16.9. The molecule has 0 bridgehead atoms. The zero-order valence-electron chi connectivity index (χ0n) is 19.6. The van der Waals surface area contributed by atoms with E-state index in [-0.39, 0.29) is 5.91 Å². The smallest absolute Gasteiger partial charge is 0.254 e. The summed E-state index contributed by atoms with van der Waals surface area (Å²) in [4.78, 5) is 17.2. The van der Waals surface area contributed by atoms with Crippen LogP contribution in [0.3, 0.4) is 0 Å². The van der Waals surface area contributed by atoms with E-state index < -0.39 is 0 Å². The molecule has 0 spiro atoms. The van der Waals surface area contributed by atoms with Crippen molar-refractivity contribution in [2.75, 3.05) is 39.3 Å². The largest absolute Gasteiger partial charge is 0.302 e. The number of nitrogens with zero attached hydrogens (tertiary/aromatic N) is 3. The number of hydrogen-bond acceptors (Lipinski definition) is 4. The summed E-state index contributed by atoms with van der Waals surface area (Å²) in [5.41, 5.74) is 7.40. The van der Waals surface area contributed by atoms with Crippen LogP contribution in [0, 0.1) is 0 Å². The lowest BCUT2D eigenvalue weighted by molar-refractivity contribution is -0.122. The van der Waals surface area contributed by atoms with E-state index in [4.69, 9.17) is 0 Å². The van der Waals surface area contributed by atoms with Crippen molar-refractivity contribution in [3.8, 4) is 0 Å². The number of hydrazone groups is 1. The predicted molar refractivity (Wildman–Crippen MR) is 138 cm³/mol. The van der Waals surface area contributed by atoms with E-state index >= 15 is 0 Å². The molecule has 1 N–H and O–H groups in total. The molecule has 33 heavy (non-hydrogen) atoms. The van der Waals surface area contributed by atoms with Crippen molar-refractivity contribution in [2.45, 2.75) is 25.7 Å². The van der Waals surface area contributed by atoms with Crippen molar-refractivity contribution in [3.63, 3.8) is 0 Å². The molecule has 0 aromatic heterocycles. The summed E-state index contributed by atoms with van der Waals surface area (Å²) < 4.78 is 0. The van der Waals surface area contributed by atoms with Gasteiger partial charge in [-0.25, -0.2) is 5.43 Å². The Labute approximate surface area is 198 Å². The highest BCUT2D eigenvalue weighted by molar-refractivity contribution is 5.83. The van der Waals surface area contributed by atoms with Gasteiger partial charge in [0.2, 0.25) is 0 Å². The van der Waals surface area contributed by atoms with Gasteiger partial charge in [-0.2, -0.15) is 5.10 Å². The highest BCUT2D eigenvalue weighted by Gasteiger charge is 2.16. The van der Waals surface area contributed by atoms with E-state index in [9.17, 15) is 4.79 Å². The molecule has 0 radical (unpaired) electrons. The molecular formula is C28H36N4O. The summed E-state index contributed by atoms with van der Waals surface area (Å²) >= 11 is 0. The lowest BCUT2D eigenvalue weighted by Crippen LogP contribution is -2.38. The van der Waals surface area contributed by atoms with Crippen molar-refractivity contribution in [1.29, 1.82) is 0 Å². The van der Waals surface area contributed by atoms with Crippen molar-refractivity contribution >= 4 is 12.1 Å². The van der Waals surface area contributed by atoms with E-state index in [1.165, 1.54) is 16.7 Å². The Bertz CT molecular complexity index is 910. The van der Waals surface area contributed by atoms with Gasteiger partial charge in [0.25, 0.3) is 5.91 Å². The van der Waals surface area contributed by atoms with Crippen molar-refractivity contribution in [2.24, 2.45) is 5.10 Å². The number of benzene rings is 2. The second-order valence-electron chi connectivity index (χ2n) is 8.57. The molecular weight excluding hydrogens is 408 g/mol. The van der Waals surface area contributed by atoms with Gasteiger partial charge >= 0.3 is 0 Å². The van der Waals surface area contributed by atoms with E-state index in [2.05, 4.69) is 82.0 Å². The van der Waals surface area contributed by atoms with Gasteiger partial charge in [-0.3, -0.25) is 9.69 Å². The van der Waals surface area contributed by atoms with E-state index in [1.54, 1.807) is 6.21 Å².